The van der Waals surface area contributed by atoms with Crippen LogP contribution in [0.5, 0.6) is 0 Å². The van der Waals surface area contributed by atoms with E-state index in [4.69, 9.17) is 0 Å². The number of hydrogen-bond acceptors (Lipinski definition) is 0. The Hall–Kier alpha value is -1.83. The largest absolute Gasteiger partial charge is 2.00 e. The molecular weight excluding hydrogens is 443 g/mol. The van der Waals surface area contributed by atoms with Gasteiger partial charge >= 0.3 is 16.8 Å². The molecule has 1 heteroatoms. The van der Waals surface area contributed by atoms with Crippen LogP contribution in [0.3, 0.4) is 0 Å². The molecule has 0 aliphatic heterocycles. The zero-order chi connectivity index (χ0) is 24.4. The van der Waals surface area contributed by atoms with Gasteiger partial charge in [-0.05, 0) is 41.5 Å². The molecule has 0 unspecified atom stereocenters. The summed E-state index contributed by atoms with van der Waals surface area (Å²) in [4.78, 5) is 0. The predicted molar refractivity (Wildman–Crippen MR) is 145 cm³/mol. The topological polar surface area (TPSA) is 0 Å². The number of fused-ring (bicyclic) bond motifs is 2. The van der Waals surface area contributed by atoms with Crippen molar-refractivity contribution < 1.29 is 16.8 Å². The zero-order valence-electron chi connectivity index (χ0n) is 23.3. The summed E-state index contributed by atoms with van der Waals surface area (Å²) in [5, 5.41) is 5.98. The first kappa shape index (κ1) is 27.4. The standard InChI is InChI=1S/2C16H21.Co/c2*1-8-9(2)12(5)16-14(7)10(3)13(6)15(16)11(8)4;/h2*1-7H3;/q2*-1;+2. The van der Waals surface area contributed by atoms with Crippen molar-refractivity contribution in [1.29, 1.82) is 0 Å². The van der Waals surface area contributed by atoms with Crippen molar-refractivity contribution in [2.24, 2.45) is 0 Å². The van der Waals surface area contributed by atoms with E-state index in [-0.39, 0.29) is 16.8 Å². The Morgan fingerprint density at radius 1 is 0.333 bits per heavy atom. The summed E-state index contributed by atoms with van der Waals surface area (Å²) in [5.74, 6) is 0. The van der Waals surface area contributed by atoms with Gasteiger partial charge in [-0.15, -0.1) is 54.9 Å². The van der Waals surface area contributed by atoms with Crippen LogP contribution >= 0.6 is 0 Å². The van der Waals surface area contributed by atoms with Crippen LogP contribution in [0.4, 0.5) is 0 Å². The van der Waals surface area contributed by atoms with Gasteiger partial charge in [-0.1, -0.05) is 88.8 Å². The maximum absolute atomic E-state index is 2.26. The average Bonchev–Trinajstić information content (AvgIpc) is 3.13. The van der Waals surface area contributed by atoms with Gasteiger partial charge < -0.3 is 0 Å². The van der Waals surface area contributed by atoms with Crippen molar-refractivity contribution in [3.8, 4) is 0 Å². The van der Waals surface area contributed by atoms with Crippen molar-refractivity contribution in [2.75, 3.05) is 0 Å². The van der Waals surface area contributed by atoms with Gasteiger partial charge in [0.15, 0.2) is 0 Å². The molecule has 0 aliphatic carbocycles. The molecule has 1 radical (unpaired) electrons. The molecule has 0 amide bonds. The summed E-state index contributed by atoms with van der Waals surface area (Å²) in [6.45, 7) is 31.5. The van der Waals surface area contributed by atoms with Crippen molar-refractivity contribution in [1.82, 2.24) is 0 Å². The second kappa shape index (κ2) is 9.43. The third kappa shape index (κ3) is 3.92. The van der Waals surface area contributed by atoms with Gasteiger partial charge in [-0.3, -0.25) is 0 Å². The van der Waals surface area contributed by atoms with Crippen LogP contribution in [-0.4, -0.2) is 0 Å². The second-order valence-electron chi connectivity index (χ2n) is 10.2. The van der Waals surface area contributed by atoms with Crippen molar-refractivity contribution in [3.63, 3.8) is 0 Å². The molecular formula is C32H42Co. The SMILES string of the molecule is Cc1c(C)c(C)c2c(c1C)c(C)c(C)[c-]2C.Cc1c(C)c(C)c2c(c1C)c(C)c(C)[c-]2C.[Co+2]. The van der Waals surface area contributed by atoms with Gasteiger partial charge in [0, 0.05) is 0 Å². The van der Waals surface area contributed by atoms with E-state index in [2.05, 4.69) is 96.9 Å². The van der Waals surface area contributed by atoms with E-state index < -0.39 is 0 Å². The minimum Gasteiger partial charge on any atom is -0.153 e. The van der Waals surface area contributed by atoms with Crippen molar-refractivity contribution >= 4 is 21.5 Å². The molecule has 0 heterocycles. The maximum atomic E-state index is 2.26. The van der Waals surface area contributed by atoms with Crippen LogP contribution in [0.1, 0.15) is 77.9 Å². The van der Waals surface area contributed by atoms with Crippen LogP contribution in [-0.2, 0) is 16.8 Å². The van der Waals surface area contributed by atoms with Gasteiger partial charge in [0.25, 0.3) is 0 Å². The van der Waals surface area contributed by atoms with Crippen molar-refractivity contribution in [3.05, 3.63) is 77.9 Å². The van der Waals surface area contributed by atoms with E-state index in [0.717, 1.165) is 0 Å². The molecule has 0 aromatic heterocycles. The quantitative estimate of drug-likeness (QED) is 0.218. The van der Waals surface area contributed by atoms with Crippen molar-refractivity contribution in [2.45, 2.75) is 96.9 Å². The molecule has 0 aliphatic rings. The average molecular weight is 486 g/mol. The first-order chi connectivity index (χ1) is 14.7. The minimum atomic E-state index is 0. The normalized spacial score (nSPS) is 11.1. The summed E-state index contributed by atoms with van der Waals surface area (Å²) in [7, 11) is 0. The summed E-state index contributed by atoms with van der Waals surface area (Å²) in [5.41, 5.74) is 20.5. The molecule has 0 nitrogen and oxygen atoms in total. The Labute approximate surface area is 212 Å². The molecule has 33 heavy (non-hydrogen) atoms. The van der Waals surface area contributed by atoms with E-state index in [1.807, 2.05) is 0 Å². The summed E-state index contributed by atoms with van der Waals surface area (Å²) in [6.07, 6.45) is 0. The molecule has 0 fully saturated rings. The Morgan fingerprint density at radius 3 is 0.848 bits per heavy atom. The van der Waals surface area contributed by atoms with E-state index in [1.165, 1.54) is 99.4 Å². The van der Waals surface area contributed by atoms with Crippen LogP contribution in [0.2, 0.25) is 0 Å². The van der Waals surface area contributed by atoms with Gasteiger partial charge in [-0.25, -0.2) is 0 Å². The molecule has 4 rings (SSSR count). The molecule has 0 saturated carbocycles. The molecule has 4 aromatic rings. The predicted octanol–water partition coefficient (Wildman–Crippen LogP) is 9.43. The zero-order valence-corrected chi connectivity index (χ0v) is 24.4. The smallest absolute Gasteiger partial charge is 0.153 e. The Balaban J connectivity index is 0.000000227. The Morgan fingerprint density at radius 2 is 0.576 bits per heavy atom. The van der Waals surface area contributed by atoms with E-state index >= 15 is 0 Å². The summed E-state index contributed by atoms with van der Waals surface area (Å²) < 4.78 is 0. The Kier molecular flexibility index (Phi) is 7.83. The van der Waals surface area contributed by atoms with Gasteiger partial charge in [-0.2, -0.15) is 11.1 Å². The summed E-state index contributed by atoms with van der Waals surface area (Å²) >= 11 is 0. The van der Waals surface area contributed by atoms with Crippen LogP contribution in [0.25, 0.3) is 21.5 Å². The molecule has 0 saturated heterocycles. The minimum absolute atomic E-state index is 0. The van der Waals surface area contributed by atoms with Crippen LogP contribution < -0.4 is 0 Å². The fourth-order valence-corrected chi connectivity index (χ4v) is 5.81. The second-order valence-corrected chi connectivity index (χ2v) is 10.2. The fourth-order valence-electron chi connectivity index (χ4n) is 5.81. The third-order valence-corrected chi connectivity index (χ3v) is 9.12. The van der Waals surface area contributed by atoms with Crippen LogP contribution in [0, 0.1) is 96.9 Å². The number of hydrogen-bond donors (Lipinski definition) is 0. The first-order valence-corrected chi connectivity index (χ1v) is 12.0. The molecule has 0 N–H and O–H groups in total. The fraction of sp³-hybridized carbons (Fsp3) is 0.438. The Bertz CT molecular complexity index is 1170. The van der Waals surface area contributed by atoms with Gasteiger partial charge in [0.05, 0.1) is 0 Å². The van der Waals surface area contributed by atoms with Gasteiger partial charge in [0.1, 0.15) is 0 Å². The number of rotatable bonds is 0. The number of benzene rings is 2. The molecule has 179 valence electrons. The third-order valence-electron chi connectivity index (χ3n) is 9.12. The maximum Gasteiger partial charge on any atom is 2.00 e. The van der Waals surface area contributed by atoms with Gasteiger partial charge in [0.2, 0.25) is 0 Å². The molecule has 0 bridgehead atoms. The van der Waals surface area contributed by atoms with Crippen LogP contribution in [0.15, 0.2) is 0 Å². The summed E-state index contributed by atoms with van der Waals surface area (Å²) in [6, 6.07) is 0. The van der Waals surface area contributed by atoms with E-state index in [0.29, 0.717) is 0 Å². The molecule has 0 atom stereocenters. The first-order valence-electron chi connectivity index (χ1n) is 12.0. The van der Waals surface area contributed by atoms with E-state index in [9.17, 15) is 0 Å². The monoisotopic (exact) mass is 485 g/mol. The van der Waals surface area contributed by atoms with E-state index in [1.54, 1.807) is 0 Å². The molecule has 4 aromatic carbocycles. The molecule has 0 spiro atoms. The number of aryl methyl sites for hydroxylation is 8.